The average molecular weight is 364 g/mol. The molecular weight excluding hydrogens is 343 g/mol. The molecule has 0 spiro atoms. The lowest BCUT2D eigenvalue weighted by Crippen LogP contribution is -2.08. The molecule has 2 aromatic carbocycles. The fourth-order valence-electron chi connectivity index (χ4n) is 2.67. The van der Waals surface area contributed by atoms with E-state index in [0.29, 0.717) is 28.5 Å². The highest BCUT2D eigenvalue weighted by molar-refractivity contribution is 5.91. The third-order valence-corrected chi connectivity index (χ3v) is 4.09. The molecule has 3 rings (SSSR count). The number of aromatic amines is 1. The number of H-pyrrole nitrogens is 1. The van der Waals surface area contributed by atoms with Crippen molar-refractivity contribution < 1.29 is 9.50 Å². The first-order chi connectivity index (χ1) is 12.9. The topological polar surface area (TPSA) is 73.3 Å². The van der Waals surface area contributed by atoms with Gasteiger partial charge in [-0.15, -0.1) is 0 Å². The van der Waals surface area contributed by atoms with Crippen LogP contribution in [0.4, 0.5) is 15.9 Å². The van der Waals surface area contributed by atoms with Gasteiger partial charge in [0.05, 0.1) is 5.69 Å². The Morgan fingerprint density at radius 2 is 1.93 bits per heavy atom. The number of aliphatic imine (C=N–C) groups is 1. The third kappa shape index (κ3) is 4.48. The number of nitrogens with zero attached hydrogens (tertiary/aromatic N) is 2. The van der Waals surface area contributed by atoms with Crippen molar-refractivity contribution >= 4 is 22.9 Å². The van der Waals surface area contributed by atoms with Crippen molar-refractivity contribution in [3.8, 4) is 0 Å². The molecule has 0 saturated heterocycles. The second-order valence-electron chi connectivity index (χ2n) is 6.26. The lowest BCUT2D eigenvalue weighted by molar-refractivity contribution is 0.246. The van der Waals surface area contributed by atoms with E-state index in [0.717, 1.165) is 11.3 Å². The molecule has 1 atom stereocenters. The van der Waals surface area contributed by atoms with Gasteiger partial charge in [-0.05, 0) is 37.6 Å². The number of aliphatic hydroxyl groups is 1. The molecule has 1 unspecified atom stereocenters. The Morgan fingerprint density at radius 1 is 1.22 bits per heavy atom. The third-order valence-electron chi connectivity index (χ3n) is 4.09. The second kappa shape index (κ2) is 7.97. The summed E-state index contributed by atoms with van der Waals surface area (Å²) in [6.45, 7) is 7.72. The monoisotopic (exact) mass is 364 g/mol. The molecule has 0 aliphatic rings. The molecule has 0 radical (unpaired) electrons. The highest BCUT2D eigenvalue weighted by atomic mass is 19.1. The van der Waals surface area contributed by atoms with Gasteiger partial charge in [-0.1, -0.05) is 36.9 Å². The van der Waals surface area contributed by atoms with Crippen LogP contribution in [-0.2, 0) is 0 Å². The molecule has 0 bridgehead atoms. The van der Waals surface area contributed by atoms with Crippen molar-refractivity contribution in [1.29, 1.82) is 0 Å². The molecule has 3 aromatic rings. The molecule has 3 N–H and O–H groups in total. The van der Waals surface area contributed by atoms with Crippen LogP contribution in [0.3, 0.4) is 0 Å². The summed E-state index contributed by atoms with van der Waals surface area (Å²) in [5, 5.41) is 20.7. The van der Waals surface area contributed by atoms with Crippen molar-refractivity contribution in [3.63, 3.8) is 0 Å². The molecule has 0 saturated carbocycles. The van der Waals surface area contributed by atoms with E-state index >= 15 is 0 Å². The summed E-state index contributed by atoms with van der Waals surface area (Å²) in [5.74, 6) is 0.321. The summed E-state index contributed by atoms with van der Waals surface area (Å²) in [7, 11) is 0. The van der Waals surface area contributed by atoms with Crippen LogP contribution in [0.1, 0.15) is 29.8 Å². The van der Waals surface area contributed by atoms with Crippen LogP contribution >= 0.6 is 0 Å². The van der Waals surface area contributed by atoms with Crippen molar-refractivity contribution in [2.45, 2.75) is 20.0 Å². The Kier molecular flexibility index (Phi) is 5.47. The predicted molar refractivity (Wildman–Crippen MR) is 107 cm³/mol. The van der Waals surface area contributed by atoms with Gasteiger partial charge in [0.25, 0.3) is 0 Å². The molecular formula is C21H21FN4O. The fourth-order valence-corrected chi connectivity index (χ4v) is 2.67. The minimum absolute atomic E-state index is 0.345. The molecule has 6 heteroatoms. The highest BCUT2D eigenvalue weighted by Crippen LogP contribution is 2.28. The van der Waals surface area contributed by atoms with E-state index in [-0.39, 0.29) is 5.82 Å². The lowest BCUT2D eigenvalue weighted by Gasteiger charge is -2.14. The SMILES string of the molecule is C=C(Nc1cc(C)[nH]n1)c1ccccc1N=C(C)C(O)c1ccc(F)cc1. The summed E-state index contributed by atoms with van der Waals surface area (Å²) < 4.78 is 13.1. The van der Waals surface area contributed by atoms with E-state index in [4.69, 9.17) is 0 Å². The summed E-state index contributed by atoms with van der Waals surface area (Å²) >= 11 is 0. The van der Waals surface area contributed by atoms with Crippen molar-refractivity contribution in [2.24, 2.45) is 4.99 Å². The number of halogens is 1. The van der Waals surface area contributed by atoms with Gasteiger partial charge < -0.3 is 10.4 Å². The number of hydrogen-bond donors (Lipinski definition) is 3. The summed E-state index contributed by atoms with van der Waals surface area (Å²) in [5.41, 5.74) is 4.13. The second-order valence-corrected chi connectivity index (χ2v) is 6.26. The number of aryl methyl sites for hydroxylation is 1. The van der Waals surface area contributed by atoms with E-state index in [1.807, 2.05) is 37.3 Å². The van der Waals surface area contributed by atoms with Gasteiger partial charge >= 0.3 is 0 Å². The van der Waals surface area contributed by atoms with E-state index in [1.54, 1.807) is 19.1 Å². The van der Waals surface area contributed by atoms with Gasteiger partial charge in [0.2, 0.25) is 0 Å². The summed E-state index contributed by atoms with van der Waals surface area (Å²) in [4.78, 5) is 4.57. The molecule has 0 aliphatic heterocycles. The van der Waals surface area contributed by atoms with Crippen molar-refractivity contribution in [2.75, 3.05) is 5.32 Å². The minimum Gasteiger partial charge on any atom is -0.382 e. The Morgan fingerprint density at radius 3 is 2.59 bits per heavy atom. The Hall–Kier alpha value is -3.25. The van der Waals surface area contributed by atoms with E-state index in [2.05, 4.69) is 27.1 Å². The lowest BCUT2D eigenvalue weighted by atomic mass is 10.1. The van der Waals surface area contributed by atoms with Gasteiger partial charge in [-0.25, -0.2) is 4.39 Å². The smallest absolute Gasteiger partial charge is 0.152 e. The number of aromatic nitrogens is 2. The van der Waals surface area contributed by atoms with Crippen LogP contribution in [0.2, 0.25) is 0 Å². The Bertz CT molecular complexity index is 976. The Labute approximate surface area is 157 Å². The number of rotatable bonds is 6. The van der Waals surface area contributed by atoms with Gasteiger partial charge in [-0.3, -0.25) is 10.1 Å². The molecule has 27 heavy (non-hydrogen) atoms. The minimum atomic E-state index is -0.922. The van der Waals surface area contributed by atoms with Crippen LogP contribution in [0, 0.1) is 12.7 Å². The van der Waals surface area contributed by atoms with E-state index in [9.17, 15) is 9.50 Å². The van der Waals surface area contributed by atoms with E-state index < -0.39 is 6.10 Å². The molecule has 138 valence electrons. The van der Waals surface area contributed by atoms with E-state index in [1.165, 1.54) is 12.1 Å². The molecule has 1 heterocycles. The molecule has 0 aliphatic carbocycles. The average Bonchev–Trinajstić information content (AvgIpc) is 3.06. The van der Waals surface area contributed by atoms with Crippen LogP contribution in [0.25, 0.3) is 5.70 Å². The first kappa shape index (κ1) is 18.5. The largest absolute Gasteiger partial charge is 0.382 e. The van der Waals surface area contributed by atoms with Gasteiger partial charge in [-0.2, -0.15) is 5.10 Å². The van der Waals surface area contributed by atoms with Gasteiger partial charge in [0, 0.05) is 28.7 Å². The molecule has 1 aromatic heterocycles. The maximum absolute atomic E-state index is 13.1. The first-order valence-electron chi connectivity index (χ1n) is 8.50. The number of hydrogen-bond acceptors (Lipinski definition) is 4. The quantitative estimate of drug-likeness (QED) is 0.552. The zero-order chi connectivity index (χ0) is 19.4. The first-order valence-corrected chi connectivity index (χ1v) is 8.50. The number of aliphatic hydroxyl groups excluding tert-OH is 1. The Balaban J connectivity index is 1.85. The van der Waals surface area contributed by atoms with Gasteiger partial charge in [0.15, 0.2) is 5.82 Å². The molecule has 0 amide bonds. The van der Waals surface area contributed by atoms with Crippen LogP contribution in [0.15, 0.2) is 66.2 Å². The van der Waals surface area contributed by atoms with Crippen LogP contribution in [0.5, 0.6) is 0 Å². The number of anilines is 1. The van der Waals surface area contributed by atoms with Gasteiger partial charge in [0.1, 0.15) is 11.9 Å². The van der Waals surface area contributed by atoms with Crippen LogP contribution < -0.4 is 5.32 Å². The molecule has 0 fully saturated rings. The normalized spacial score (nSPS) is 12.7. The number of para-hydroxylation sites is 1. The molecule has 5 nitrogen and oxygen atoms in total. The highest BCUT2D eigenvalue weighted by Gasteiger charge is 2.13. The van der Waals surface area contributed by atoms with Crippen molar-refractivity contribution in [1.82, 2.24) is 10.2 Å². The zero-order valence-electron chi connectivity index (χ0n) is 15.2. The standard InChI is InChI=1S/C21H21FN4O/c1-13-12-20(26-25-13)24-14(2)18-6-4-5-7-19(18)23-15(3)21(27)16-8-10-17(22)11-9-16/h4-12,21,27H,2H2,1,3H3,(H2,24,25,26). The van der Waals surface area contributed by atoms with Crippen LogP contribution in [-0.4, -0.2) is 21.0 Å². The number of nitrogens with one attached hydrogen (secondary N) is 2. The van der Waals surface area contributed by atoms with Crippen molar-refractivity contribution in [3.05, 3.63) is 83.8 Å². The maximum atomic E-state index is 13.1. The predicted octanol–water partition coefficient (Wildman–Crippen LogP) is 4.77. The summed E-state index contributed by atoms with van der Waals surface area (Å²) in [6, 6.07) is 15.1. The zero-order valence-corrected chi connectivity index (χ0v) is 15.2. The number of benzene rings is 2. The fraction of sp³-hybridized carbons (Fsp3) is 0.143. The maximum Gasteiger partial charge on any atom is 0.152 e. The summed E-state index contributed by atoms with van der Waals surface area (Å²) in [6.07, 6.45) is -0.922.